The van der Waals surface area contributed by atoms with E-state index < -0.39 is 67.5 Å². The highest BCUT2D eigenvalue weighted by molar-refractivity contribution is 7.80. The lowest BCUT2D eigenvalue weighted by atomic mass is 9.93. The van der Waals surface area contributed by atoms with Crippen molar-refractivity contribution >= 4 is 25.3 Å². The van der Waals surface area contributed by atoms with Crippen LogP contribution in [0.2, 0.25) is 0 Å². The molecule has 6 N–H and O–H groups in total. The molecule has 0 aromatic carbocycles. The summed E-state index contributed by atoms with van der Waals surface area (Å²) in [5.41, 5.74) is 0. The van der Waals surface area contributed by atoms with Gasteiger partial charge in [0.15, 0.2) is 12.6 Å². The minimum absolute atomic E-state index is 0.0476. The maximum atomic E-state index is 10.7. The Morgan fingerprint density at radius 1 is 0.839 bits per heavy atom. The average Bonchev–Trinajstić information content (AvgIpc) is 2.69. The number of ether oxygens (including phenoxy) is 4. The summed E-state index contributed by atoms with van der Waals surface area (Å²) >= 11 is 8.36. The van der Waals surface area contributed by atoms with Crippen molar-refractivity contribution in [1.82, 2.24) is 0 Å². The molecule has 2 aliphatic rings. The van der Waals surface area contributed by atoms with Gasteiger partial charge < -0.3 is 49.6 Å². The third kappa shape index (κ3) is 7.39. The first kappa shape index (κ1) is 27.5. The van der Waals surface area contributed by atoms with Gasteiger partial charge in [-0.25, -0.2) is 0 Å². The minimum atomic E-state index is -1.61. The van der Waals surface area contributed by atoms with Crippen molar-refractivity contribution in [3.05, 3.63) is 0 Å². The first-order valence-electron chi connectivity index (χ1n) is 10.5. The maximum absolute atomic E-state index is 10.7. The summed E-state index contributed by atoms with van der Waals surface area (Å²) in [6, 6.07) is 0. The predicted octanol–water partition coefficient (Wildman–Crippen LogP) is -1.56. The molecule has 0 spiro atoms. The highest BCUT2D eigenvalue weighted by Gasteiger charge is 2.51. The molecule has 0 radical (unpaired) electrons. The Kier molecular flexibility index (Phi) is 11.3. The molecule has 12 atom stereocenters. The van der Waals surface area contributed by atoms with E-state index in [-0.39, 0.29) is 24.7 Å². The second-order valence-electron chi connectivity index (χ2n) is 8.26. The average molecular weight is 489 g/mol. The third-order valence-corrected chi connectivity index (χ3v) is 5.86. The molecule has 0 aromatic rings. The number of aliphatic hydroxyl groups is 6. The van der Waals surface area contributed by atoms with Crippen LogP contribution < -0.4 is 0 Å². The molecule has 31 heavy (non-hydrogen) atoms. The molecule has 0 saturated carbocycles. The Morgan fingerprint density at radius 3 is 2.03 bits per heavy atom. The summed E-state index contributed by atoms with van der Waals surface area (Å²) in [5, 5.41) is 61.6. The molecule has 0 amide bonds. The lowest BCUT2D eigenvalue weighted by molar-refractivity contribution is -0.357. The molecule has 2 fully saturated rings. The lowest BCUT2D eigenvalue weighted by Crippen LogP contribution is -2.64. The van der Waals surface area contributed by atoms with Crippen LogP contribution in [-0.2, 0) is 18.9 Å². The molecule has 12 heteroatoms. The first-order chi connectivity index (χ1) is 14.6. The normalized spacial score (nSPS) is 43.5. The van der Waals surface area contributed by atoms with Gasteiger partial charge in [-0.05, 0) is 25.5 Å². The number of aliphatic hydroxyl groups excluding tert-OH is 6. The molecule has 2 aliphatic heterocycles. The fourth-order valence-electron chi connectivity index (χ4n) is 3.72. The summed E-state index contributed by atoms with van der Waals surface area (Å²) in [4.78, 5) is 0. The molecule has 10 nitrogen and oxygen atoms in total. The van der Waals surface area contributed by atoms with Crippen LogP contribution in [0.5, 0.6) is 0 Å². The van der Waals surface area contributed by atoms with Gasteiger partial charge in [0.2, 0.25) is 0 Å². The molecule has 0 bridgehead atoms. The Labute approximate surface area is 193 Å². The van der Waals surface area contributed by atoms with Crippen LogP contribution in [0, 0.1) is 0 Å². The van der Waals surface area contributed by atoms with Gasteiger partial charge in [-0.15, -0.1) is 0 Å². The van der Waals surface area contributed by atoms with Gasteiger partial charge in [0.1, 0.15) is 36.6 Å². The quantitative estimate of drug-likeness (QED) is 0.134. The van der Waals surface area contributed by atoms with Crippen molar-refractivity contribution in [2.24, 2.45) is 0 Å². The van der Waals surface area contributed by atoms with Crippen molar-refractivity contribution in [2.45, 2.75) is 106 Å². The Balaban J connectivity index is 2.15. The molecule has 2 rings (SSSR count). The molecule has 0 aromatic heterocycles. The van der Waals surface area contributed by atoms with E-state index in [1.54, 1.807) is 6.92 Å². The lowest BCUT2D eigenvalue weighted by Gasteiger charge is -2.47. The van der Waals surface area contributed by atoms with E-state index in [0.717, 1.165) is 0 Å². The second-order valence-corrected chi connectivity index (χ2v) is 9.59. The second kappa shape index (κ2) is 12.7. The first-order valence-corrected chi connectivity index (χ1v) is 11.7. The van der Waals surface area contributed by atoms with E-state index in [4.69, 9.17) is 18.9 Å². The number of rotatable bonds is 10. The summed E-state index contributed by atoms with van der Waals surface area (Å²) in [5.74, 6) is 0.575. The Morgan fingerprint density at radius 2 is 1.45 bits per heavy atom. The van der Waals surface area contributed by atoms with Crippen LogP contribution in [0.4, 0.5) is 0 Å². The van der Waals surface area contributed by atoms with Gasteiger partial charge in [-0.1, -0.05) is 6.92 Å². The van der Waals surface area contributed by atoms with Crippen LogP contribution in [0.25, 0.3) is 0 Å². The zero-order valence-corrected chi connectivity index (χ0v) is 19.5. The van der Waals surface area contributed by atoms with E-state index in [2.05, 4.69) is 25.3 Å². The van der Waals surface area contributed by atoms with Crippen LogP contribution in [0.1, 0.15) is 33.1 Å². The standard InChI is InChI=1S/C19H36O10S2/c1-8(20)6-11-17(14(23)16(25)18(28-11)26-4-3-5-30)29-19-15(24)13(22)12(21)10(27-19)7-9(2)31/h8-25,30-31H,3-7H2,1-2H3/t8?,9?,10?,11?,12-,13?,14?,15?,16?,17+,18+,19-/m0/s1. The molecule has 2 saturated heterocycles. The zero-order chi connectivity index (χ0) is 23.3. The third-order valence-electron chi connectivity index (χ3n) is 5.33. The van der Waals surface area contributed by atoms with Crippen LogP contribution in [0.3, 0.4) is 0 Å². The van der Waals surface area contributed by atoms with E-state index in [1.165, 1.54) is 6.92 Å². The fraction of sp³-hybridized carbons (Fsp3) is 1.00. The van der Waals surface area contributed by atoms with Crippen LogP contribution in [0.15, 0.2) is 0 Å². The number of thiol groups is 2. The molecule has 8 unspecified atom stereocenters. The number of hydrogen-bond acceptors (Lipinski definition) is 12. The minimum Gasteiger partial charge on any atom is -0.393 e. The summed E-state index contributed by atoms with van der Waals surface area (Å²) < 4.78 is 22.7. The zero-order valence-electron chi connectivity index (χ0n) is 17.7. The highest BCUT2D eigenvalue weighted by atomic mass is 32.1. The van der Waals surface area contributed by atoms with Gasteiger partial charge in [-0.2, -0.15) is 25.3 Å². The van der Waals surface area contributed by atoms with Gasteiger partial charge >= 0.3 is 0 Å². The summed E-state index contributed by atoms with van der Waals surface area (Å²) in [6.45, 7) is 3.57. The van der Waals surface area contributed by atoms with Crippen molar-refractivity contribution in [1.29, 1.82) is 0 Å². The van der Waals surface area contributed by atoms with E-state index in [0.29, 0.717) is 12.2 Å². The Bertz CT molecular complexity index is 528. The monoisotopic (exact) mass is 488 g/mol. The maximum Gasteiger partial charge on any atom is 0.187 e. The van der Waals surface area contributed by atoms with E-state index >= 15 is 0 Å². The topological polar surface area (TPSA) is 158 Å². The molecule has 0 aliphatic carbocycles. The van der Waals surface area contributed by atoms with Crippen molar-refractivity contribution in [3.63, 3.8) is 0 Å². The fourth-order valence-corrected chi connectivity index (χ4v) is 4.05. The van der Waals surface area contributed by atoms with Gasteiger partial charge in [0.05, 0.1) is 24.9 Å². The molecular formula is C19H36O10S2. The predicted molar refractivity (Wildman–Crippen MR) is 116 cm³/mol. The molecular weight excluding hydrogens is 452 g/mol. The van der Waals surface area contributed by atoms with Gasteiger partial charge in [0, 0.05) is 11.7 Å². The Hall–Kier alpha value is 0.300. The van der Waals surface area contributed by atoms with Gasteiger partial charge in [0.25, 0.3) is 0 Å². The largest absolute Gasteiger partial charge is 0.393 e. The van der Waals surface area contributed by atoms with Crippen molar-refractivity contribution in [3.8, 4) is 0 Å². The van der Waals surface area contributed by atoms with Crippen LogP contribution in [-0.4, -0.2) is 116 Å². The van der Waals surface area contributed by atoms with E-state index in [1.807, 2.05) is 0 Å². The molecule has 184 valence electrons. The summed E-state index contributed by atoms with van der Waals surface area (Å²) in [7, 11) is 0. The van der Waals surface area contributed by atoms with Gasteiger partial charge in [-0.3, -0.25) is 0 Å². The van der Waals surface area contributed by atoms with Crippen LogP contribution >= 0.6 is 25.3 Å². The van der Waals surface area contributed by atoms with Crippen molar-refractivity contribution in [2.75, 3.05) is 12.4 Å². The highest BCUT2D eigenvalue weighted by Crippen LogP contribution is 2.32. The molecule has 2 heterocycles. The SMILES string of the molecule is CC(O)CC1O[C@@H](OCCCS)C(O)C(O)[C@@H]1O[C@@H]1OC(CC(C)S)[C@H](O)C(O)C1O. The summed E-state index contributed by atoms with van der Waals surface area (Å²) in [6.07, 6.45) is -12.9. The van der Waals surface area contributed by atoms with E-state index in [9.17, 15) is 30.6 Å². The number of hydrogen-bond donors (Lipinski definition) is 8. The van der Waals surface area contributed by atoms with Crippen molar-refractivity contribution < 1.29 is 49.6 Å². The smallest absolute Gasteiger partial charge is 0.187 e.